The molecule has 0 saturated carbocycles. The van der Waals surface area contributed by atoms with E-state index in [4.69, 9.17) is 28.6 Å². The van der Waals surface area contributed by atoms with Crippen LogP contribution < -0.4 is 4.74 Å². The van der Waals surface area contributed by atoms with Crippen LogP contribution in [0, 0.1) is 17.5 Å². The summed E-state index contributed by atoms with van der Waals surface area (Å²) in [6.45, 7) is 1.98. The number of halogens is 2. The number of hydrogen-bond donors (Lipinski definition) is 1. The van der Waals surface area contributed by atoms with Crippen LogP contribution >= 0.6 is 23.8 Å². The van der Waals surface area contributed by atoms with Gasteiger partial charge in [-0.25, -0.2) is 4.39 Å². The Hall–Kier alpha value is -1.85. The normalized spacial score (nSPS) is 11.0. The zero-order valence-electron chi connectivity index (χ0n) is 11.4. The number of aryl methyl sites for hydroxylation is 1. The van der Waals surface area contributed by atoms with Gasteiger partial charge in [0.25, 0.3) is 0 Å². The average molecular weight is 323 g/mol. The molecule has 3 rings (SSSR count). The Morgan fingerprint density at radius 3 is 2.76 bits per heavy atom. The Morgan fingerprint density at radius 1 is 1.29 bits per heavy atom. The minimum absolute atomic E-state index is 0.0527. The second-order valence-corrected chi connectivity index (χ2v) is 5.52. The number of methoxy groups -OCH3 is 1. The number of aromatic nitrogens is 2. The van der Waals surface area contributed by atoms with Crippen LogP contribution in [0.4, 0.5) is 4.39 Å². The molecule has 0 aliphatic heterocycles. The summed E-state index contributed by atoms with van der Waals surface area (Å²) < 4.78 is 21.2. The number of H-pyrrole nitrogens is 1. The van der Waals surface area contributed by atoms with Crippen LogP contribution in [0.15, 0.2) is 30.3 Å². The van der Waals surface area contributed by atoms with Crippen LogP contribution in [0.25, 0.3) is 16.7 Å². The Morgan fingerprint density at radius 2 is 2.05 bits per heavy atom. The molecule has 0 spiro atoms. The van der Waals surface area contributed by atoms with Crippen molar-refractivity contribution >= 4 is 34.9 Å². The van der Waals surface area contributed by atoms with E-state index in [-0.39, 0.29) is 5.02 Å². The third kappa shape index (κ3) is 2.32. The maximum atomic E-state index is 13.6. The number of nitrogens with one attached hydrogen (secondary N) is 1. The lowest BCUT2D eigenvalue weighted by Crippen LogP contribution is -1.99. The first-order chi connectivity index (χ1) is 10.0. The molecule has 1 aromatic heterocycles. The van der Waals surface area contributed by atoms with Gasteiger partial charge in [-0.15, -0.1) is 0 Å². The molecule has 0 unspecified atom stereocenters. The van der Waals surface area contributed by atoms with E-state index < -0.39 is 5.82 Å². The molecule has 0 fully saturated rings. The number of aromatic amines is 1. The maximum Gasteiger partial charge on any atom is 0.182 e. The van der Waals surface area contributed by atoms with Crippen LogP contribution in [-0.4, -0.2) is 16.7 Å². The van der Waals surface area contributed by atoms with Gasteiger partial charge < -0.3 is 9.72 Å². The molecule has 2 aromatic carbocycles. The molecule has 0 atom stereocenters. The summed E-state index contributed by atoms with van der Waals surface area (Å²) in [6.07, 6.45) is 0. The van der Waals surface area contributed by atoms with Crippen LogP contribution in [0.2, 0.25) is 5.02 Å². The summed E-state index contributed by atoms with van der Waals surface area (Å²) in [5, 5.41) is 0.0527. The fraction of sp³-hybridized carbons (Fsp3) is 0.133. The van der Waals surface area contributed by atoms with E-state index >= 15 is 0 Å². The van der Waals surface area contributed by atoms with Gasteiger partial charge in [-0.05, 0) is 42.9 Å². The molecular formula is C15H12ClFN2OS. The predicted molar refractivity (Wildman–Crippen MR) is 84.7 cm³/mol. The molecular weight excluding hydrogens is 311 g/mol. The van der Waals surface area contributed by atoms with Crippen molar-refractivity contribution in [1.29, 1.82) is 0 Å². The van der Waals surface area contributed by atoms with Gasteiger partial charge in [0, 0.05) is 6.07 Å². The molecule has 21 heavy (non-hydrogen) atoms. The SMILES string of the molecule is COc1ccc(C)cc1-n1c(=S)[nH]c2cc(F)c(Cl)cc21. The largest absolute Gasteiger partial charge is 0.495 e. The Balaban J connectivity index is 2.40. The number of ether oxygens (including phenoxy) is 1. The lowest BCUT2D eigenvalue weighted by Gasteiger charge is -2.11. The monoisotopic (exact) mass is 322 g/mol. The van der Waals surface area contributed by atoms with Gasteiger partial charge in [-0.2, -0.15) is 0 Å². The lowest BCUT2D eigenvalue weighted by atomic mass is 10.2. The van der Waals surface area contributed by atoms with E-state index in [9.17, 15) is 4.39 Å². The lowest BCUT2D eigenvalue weighted by molar-refractivity contribution is 0.413. The Kier molecular flexibility index (Phi) is 3.47. The number of rotatable bonds is 2. The maximum absolute atomic E-state index is 13.6. The molecule has 108 valence electrons. The first-order valence-electron chi connectivity index (χ1n) is 6.26. The predicted octanol–water partition coefficient (Wildman–Crippen LogP) is 4.80. The van der Waals surface area contributed by atoms with Gasteiger partial charge in [0.05, 0.1) is 28.9 Å². The molecule has 1 N–H and O–H groups in total. The van der Waals surface area contributed by atoms with E-state index in [2.05, 4.69) is 4.98 Å². The van der Waals surface area contributed by atoms with Crippen molar-refractivity contribution in [2.24, 2.45) is 0 Å². The highest BCUT2D eigenvalue weighted by molar-refractivity contribution is 7.71. The van der Waals surface area contributed by atoms with E-state index in [0.29, 0.717) is 21.6 Å². The van der Waals surface area contributed by atoms with Gasteiger partial charge in [-0.1, -0.05) is 17.7 Å². The summed E-state index contributed by atoms with van der Waals surface area (Å²) in [5.41, 5.74) is 3.15. The zero-order chi connectivity index (χ0) is 15.1. The van der Waals surface area contributed by atoms with Gasteiger partial charge in [0.1, 0.15) is 11.6 Å². The third-order valence-electron chi connectivity index (χ3n) is 3.30. The zero-order valence-corrected chi connectivity index (χ0v) is 13.0. The summed E-state index contributed by atoms with van der Waals surface area (Å²) in [5.74, 6) is 0.196. The topological polar surface area (TPSA) is 29.9 Å². The van der Waals surface area contributed by atoms with E-state index in [1.807, 2.05) is 25.1 Å². The van der Waals surface area contributed by atoms with E-state index in [0.717, 1.165) is 11.3 Å². The van der Waals surface area contributed by atoms with Crippen molar-refractivity contribution in [2.75, 3.05) is 7.11 Å². The summed E-state index contributed by atoms with van der Waals surface area (Å²) in [4.78, 5) is 2.99. The molecule has 0 amide bonds. The Labute approximate surface area is 130 Å². The van der Waals surface area contributed by atoms with Crippen molar-refractivity contribution in [3.63, 3.8) is 0 Å². The molecule has 3 aromatic rings. The van der Waals surface area contributed by atoms with Crippen LogP contribution in [0.5, 0.6) is 5.75 Å². The number of imidazole rings is 1. The second-order valence-electron chi connectivity index (χ2n) is 4.72. The first-order valence-corrected chi connectivity index (χ1v) is 7.04. The number of fused-ring (bicyclic) bond motifs is 1. The van der Waals surface area contributed by atoms with Crippen molar-refractivity contribution in [1.82, 2.24) is 9.55 Å². The standard InChI is InChI=1S/C15H12ClFN2OS/c1-8-3-4-14(20-2)13(5-8)19-12-6-9(16)10(17)7-11(12)18-15(19)21/h3-7H,1-2H3,(H,18,21). The third-order valence-corrected chi connectivity index (χ3v) is 3.87. The smallest absolute Gasteiger partial charge is 0.182 e. The van der Waals surface area contributed by atoms with Crippen LogP contribution in [0.3, 0.4) is 0 Å². The highest BCUT2D eigenvalue weighted by Crippen LogP contribution is 2.30. The second kappa shape index (κ2) is 5.16. The van der Waals surface area contributed by atoms with Crippen LogP contribution in [-0.2, 0) is 0 Å². The van der Waals surface area contributed by atoms with Gasteiger partial charge in [0.2, 0.25) is 0 Å². The van der Waals surface area contributed by atoms with Crippen LogP contribution in [0.1, 0.15) is 5.56 Å². The number of hydrogen-bond acceptors (Lipinski definition) is 2. The number of benzene rings is 2. The number of nitrogens with zero attached hydrogens (tertiary/aromatic N) is 1. The molecule has 0 bridgehead atoms. The van der Waals surface area contributed by atoms with E-state index in [1.165, 1.54) is 6.07 Å². The van der Waals surface area contributed by atoms with Crippen molar-refractivity contribution < 1.29 is 9.13 Å². The molecule has 0 aliphatic carbocycles. The summed E-state index contributed by atoms with van der Waals surface area (Å²) in [6, 6.07) is 8.68. The average Bonchev–Trinajstić information content (AvgIpc) is 2.74. The molecule has 0 aliphatic rings. The molecule has 6 heteroatoms. The molecule has 0 radical (unpaired) electrons. The van der Waals surface area contributed by atoms with Crippen molar-refractivity contribution in [3.8, 4) is 11.4 Å². The minimum Gasteiger partial charge on any atom is -0.495 e. The van der Waals surface area contributed by atoms with Gasteiger partial charge in [-0.3, -0.25) is 4.57 Å². The fourth-order valence-corrected chi connectivity index (χ4v) is 2.78. The molecule has 3 nitrogen and oxygen atoms in total. The minimum atomic E-state index is -0.483. The highest BCUT2D eigenvalue weighted by Gasteiger charge is 2.13. The van der Waals surface area contributed by atoms with Crippen molar-refractivity contribution in [2.45, 2.75) is 6.92 Å². The summed E-state index contributed by atoms with van der Waals surface area (Å²) in [7, 11) is 1.60. The van der Waals surface area contributed by atoms with Crippen molar-refractivity contribution in [3.05, 3.63) is 51.5 Å². The van der Waals surface area contributed by atoms with Gasteiger partial charge in [0.15, 0.2) is 4.77 Å². The quantitative estimate of drug-likeness (QED) is 0.687. The Bertz CT molecular complexity index is 901. The fourth-order valence-electron chi connectivity index (χ4n) is 2.32. The summed E-state index contributed by atoms with van der Waals surface area (Å²) >= 11 is 11.3. The molecule has 1 heterocycles. The van der Waals surface area contributed by atoms with E-state index in [1.54, 1.807) is 17.7 Å². The molecule has 0 saturated heterocycles. The highest BCUT2D eigenvalue weighted by atomic mass is 35.5. The first kappa shape index (κ1) is 14.1. The van der Waals surface area contributed by atoms with Gasteiger partial charge >= 0.3 is 0 Å².